The number of rotatable bonds is 5. The number of morpholine rings is 1. The maximum Gasteiger partial charge on any atom is 0.281 e. The third-order valence-corrected chi connectivity index (χ3v) is 13.4. The third-order valence-electron chi connectivity index (χ3n) is 11.9. The van der Waals surface area contributed by atoms with Crippen LogP contribution < -0.4 is 19.7 Å². The molecule has 0 radical (unpaired) electrons. The van der Waals surface area contributed by atoms with Crippen molar-refractivity contribution in [3.8, 4) is 5.75 Å². The third kappa shape index (κ3) is 11.9. The molecule has 6 aliphatic rings. The van der Waals surface area contributed by atoms with Crippen LogP contribution in [-0.4, -0.2) is 123 Å². The maximum atomic E-state index is 13.1. The van der Waals surface area contributed by atoms with Crippen LogP contribution in [0.2, 0.25) is 0 Å². The molecular weight excluding hydrogens is 738 g/mol. The predicted octanol–water partition coefficient (Wildman–Crippen LogP) is 5.92. The Bertz CT molecular complexity index is 1500. The summed E-state index contributed by atoms with van der Waals surface area (Å²) in [6.07, 6.45) is 14.6. The molecule has 7 unspecified atom stereocenters. The van der Waals surface area contributed by atoms with Gasteiger partial charge in [0.15, 0.2) is 11.6 Å². The molecule has 0 spiro atoms. The van der Waals surface area contributed by atoms with E-state index in [2.05, 4.69) is 69.7 Å². The molecule has 7 rings (SSSR count). The van der Waals surface area contributed by atoms with Gasteiger partial charge in [0.1, 0.15) is 16.7 Å². The summed E-state index contributed by atoms with van der Waals surface area (Å²) >= 11 is 6.53. The number of nitrogens with one attached hydrogen (secondary N) is 2. The Morgan fingerprint density at radius 1 is 1.15 bits per heavy atom. The summed E-state index contributed by atoms with van der Waals surface area (Å²) < 4.78 is 37.9. The van der Waals surface area contributed by atoms with E-state index in [0.29, 0.717) is 41.8 Å². The van der Waals surface area contributed by atoms with Gasteiger partial charge in [0, 0.05) is 77.8 Å². The second-order valence-electron chi connectivity index (χ2n) is 15.9. The molecule has 13 heteroatoms. The smallest absolute Gasteiger partial charge is 0.281 e. The molecule has 4 aliphatic heterocycles. The van der Waals surface area contributed by atoms with Crippen molar-refractivity contribution in [1.82, 2.24) is 19.9 Å². The normalized spacial score (nSPS) is 33.1. The van der Waals surface area contributed by atoms with Crippen LogP contribution in [0.3, 0.4) is 0 Å². The van der Waals surface area contributed by atoms with Gasteiger partial charge in [-0.15, -0.1) is 11.6 Å². The Labute approximate surface area is 337 Å². The zero-order chi connectivity index (χ0) is 39.4. The first-order valence-corrected chi connectivity index (χ1v) is 22.2. The topological polar surface area (TPSA) is 114 Å². The summed E-state index contributed by atoms with van der Waals surface area (Å²) in [5.41, 5.74) is 2.60. The quantitative estimate of drug-likeness (QED) is 0.275. The van der Waals surface area contributed by atoms with Gasteiger partial charge in [-0.1, -0.05) is 50.1 Å². The summed E-state index contributed by atoms with van der Waals surface area (Å²) in [6, 6.07) is 4.17. The Hall–Kier alpha value is -2.32. The van der Waals surface area contributed by atoms with E-state index in [1.807, 2.05) is 13.0 Å². The van der Waals surface area contributed by atoms with Crippen molar-refractivity contribution in [3.63, 3.8) is 0 Å². The Morgan fingerprint density at radius 2 is 1.96 bits per heavy atom. The number of hydrogen-bond donors (Lipinski definition) is 2. The number of carbonyl (C=O) groups excluding carboxylic acids is 1. The zero-order valence-electron chi connectivity index (χ0n) is 34.0. The number of pyridine rings is 1. The van der Waals surface area contributed by atoms with Gasteiger partial charge in [0.25, 0.3) is 5.91 Å². The monoisotopic (exact) mass is 803 g/mol. The lowest BCUT2D eigenvalue weighted by molar-refractivity contribution is -0.0621. The Balaban J connectivity index is 0.000000346. The minimum Gasteiger partial charge on any atom is -0.489 e. The molecule has 2 saturated heterocycles. The summed E-state index contributed by atoms with van der Waals surface area (Å²) in [5.74, 6) is 2.37. The number of halogens is 1. The molecule has 1 saturated carbocycles. The van der Waals surface area contributed by atoms with Crippen LogP contribution in [0, 0.1) is 23.7 Å². The fraction of sp³-hybridized carbons (Fsp3) is 0.714. The van der Waals surface area contributed by atoms with E-state index < -0.39 is 16.9 Å². The van der Waals surface area contributed by atoms with Gasteiger partial charge in [-0.25, -0.2) is 9.19 Å². The molecule has 3 fully saturated rings. The van der Waals surface area contributed by atoms with Crippen LogP contribution in [0.25, 0.3) is 0 Å². The number of amides is 1. The Kier molecular flexibility index (Phi) is 17.1. The summed E-state index contributed by atoms with van der Waals surface area (Å²) in [6.45, 7) is 17.7. The summed E-state index contributed by atoms with van der Waals surface area (Å²) in [4.78, 5) is 22.8. The number of ether oxygens (including phenoxy) is 4. The number of hydrogen-bond acceptors (Lipinski definition) is 10. The SMILES string of the molecule is C1CN2CCOCC2CN1.CCCC1=C(C2COc3ccc4nc3N(C2)CC2CCC2[C@@](C)(OC)/C=C/CC(C)CS(=O)NC4=O)C=CC(Cl)C1.CCOC. The van der Waals surface area contributed by atoms with E-state index in [0.717, 1.165) is 91.1 Å². The van der Waals surface area contributed by atoms with Gasteiger partial charge < -0.3 is 29.2 Å². The van der Waals surface area contributed by atoms with Crippen molar-refractivity contribution in [1.29, 1.82) is 0 Å². The number of alkyl halides is 1. The molecule has 1 amide bonds. The largest absolute Gasteiger partial charge is 0.489 e. The van der Waals surface area contributed by atoms with Gasteiger partial charge in [-0.3, -0.25) is 14.4 Å². The highest BCUT2D eigenvalue weighted by Crippen LogP contribution is 2.46. The maximum absolute atomic E-state index is 13.1. The minimum absolute atomic E-state index is 0.0268. The molecule has 2 bridgehead atoms. The summed E-state index contributed by atoms with van der Waals surface area (Å²) in [7, 11) is 1.98. The van der Waals surface area contributed by atoms with E-state index in [-0.39, 0.29) is 28.5 Å². The van der Waals surface area contributed by atoms with Gasteiger partial charge in [-0.2, -0.15) is 0 Å². The van der Waals surface area contributed by atoms with Crippen LogP contribution in [0.4, 0.5) is 5.82 Å². The average molecular weight is 805 g/mol. The molecule has 1 aromatic rings. The molecule has 5 heterocycles. The van der Waals surface area contributed by atoms with Crippen molar-refractivity contribution in [3.05, 3.63) is 53.3 Å². The number of fused-ring (bicyclic) bond motifs is 3. The van der Waals surface area contributed by atoms with Crippen LogP contribution >= 0.6 is 11.6 Å². The number of aromatic nitrogens is 1. The van der Waals surface area contributed by atoms with Gasteiger partial charge in [0.2, 0.25) is 0 Å². The summed E-state index contributed by atoms with van der Waals surface area (Å²) in [5, 5.41) is 3.39. The first-order chi connectivity index (χ1) is 26.6. The standard InChI is InChI=1S/C32H44ClN3O4S.C7H14N2O.C3H8O/c1-5-7-22-16-25(33)10-11-26(22)24-18-36-17-23-9-12-27(23)32(3,39-4)15-6-8-21(2)20-41(38)35-31(37)28-13-14-29(40-19-24)30(36)34-28;1-2-9-3-4-10-6-7(9)5-8-1;1-3-4-2/h6,10-11,13-15,21,23-25,27H,5,7-9,12,16-20H2,1-4H3,(H,35,37);7-8H,1-6H2;3H2,1-2H3/b15-6+;;/t21?,23?,24?,25?,27?,32-,41?;;/m0../s1. The predicted molar refractivity (Wildman–Crippen MR) is 222 cm³/mol. The van der Waals surface area contributed by atoms with E-state index in [4.69, 9.17) is 30.8 Å². The highest BCUT2D eigenvalue weighted by Gasteiger charge is 2.45. The lowest BCUT2D eigenvalue weighted by Crippen LogP contribution is -2.56. The van der Waals surface area contributed by atoms with Gasteiger partial charge >= 0.3 is 0 Å². The van der Waals surface area contributed by atoms with Crippen LogP contribution in [0.1, 0.15) is 76.7 Å². The number of methoxy groups -OCH3 is 2. The highest BCUT2D eigenvalue weighted by molar-refractivity contribution is 7.83. The molecule has 1 aromatic heterocycles. The number of anilines is 1. The lowest BCUT2D eigenvalue weighted by Gasteiger charge is -2.48. The van der Waals surface area contributed by atoms with Crippen molar-refractivity contribution < 1.29 is 28.0 Å². The second kappa shape index (κ2) is 21.4. The number of nitrogens with zero attached hydrogens (tertiary/aromatic N) is 3. The van der Waals surface area contributed by atoms with E-state index in [1.54, 1.807) is 20.3 Å². The molecule has 55 heavy (non-hydrogen) atoms. The highest BCUT2D eigenvalue weighted by atomic mass is 35.5. The van der Waals surface area contributed by atoms with Crippen molar-refractivity contribution in [2.45, 2.75) is 83.2 Å². The van der Waals surface area contributed by atoms with Crippen LogP contribution in [-0.2, 0) is 25.2 Å². The number of allylic oxidation sites excluding steroid dienone is 4. The zero-order valence-corrected chi connectivity index (χ0v) is 35.6. The van der Waals surface area contributed by atoms with Gasteiger partial charge in [-0.05, 0) is 81.4 Å². The number of piperazine rings is 1. The first-order valence-electron chi connectivity index (χ1n) is 20.5. The fourth-order valence-corrected chi connectivity index (χ4v) is 9.76. The number of carbonyl (C=O) groups is 1. The molecule has 8 atom stereocenters. The van der Waals surface area contributed by atoms with E-state index in [1.165, 1.54) is 17.7 Å². The lowest BCUT2D eigenvalue weighted by atomic mass is 9.64. The average Bonchev–Trinajstić information content (AvgIpc) is 3.35. The van der Waals surface area contributed by atoms with Crippen molar-refractivity contribution in [2.75, 3.05) is 90.6 Å². The minimum atomic E-state index is -1.50. The molecule has 2 N–H and O–H groups in total. The van der Waals surface area contributed by atoms with E-state index >= 15 is 0 Å². The molecule has 11 nitrogen and oxygen atoms in total. The molecule has 2 aliphatic carbocycles. The fourth-order valence-electron chi connectivity index (χ4n) is 8.46. The van der Waals surface area contributed by atoms with Crippen molar-refractivity contribution >= 4 is 34.3 Å². The van der Waals surface area contributed by atoms with E-state index in [9.17, 15) is 9.00 Å². The Morgan fingerprint density at radius 3 is 2.67 bits per heavy atom. The second-order valence-corrected chi connectivity index (χ2v) is 17.7. The van der Waals surface area contributed by atoms with Gasteiger partial charge in [0.05, 0.1) is 30.8 Å². The molecule has 308 valence electrons. The molecular formula is C42H66ClN5O6S. The van der Waals surface area contributed by atoms with Crippen LogP contribution in [0.15, 0.2) is 47.6 Å². The molecule has 0 aromatic carbocycles. The van der Waals surface area contributed by atoms with Crippen molar-refractivity contribution in [2.24, 2.45) is 23.7 Å². The van der Waals surface area contributed by atoms with Crippen LogP contribution in [0.5, 0.6) is 5.75 Å². The first kappa shape index (κ1) is 43.8.